The molecule has 0 amide bonds. The molecule has 0 aliphatic carbocycles. The molecule has 0 bridgehead atoms. The highest BCUT2D eigenvalue weighted by Crippen LogP contribution is 2.44. The topological polar surface area (TPSA) is 87.9 Å². The zero-order valence-corrected chi connectivity index (χ0v) is 14.1. The lowest BCUT2D eigenvalue weighted by Gasteiger charge is -2.31. The van der Waals surface area contributed by atoms with E-state index in [0.29, 0.717) is 22.8 Å². The Balaban J connectivity index is 3.51. The fraction of sp³-hybridized carbons (Fsp3) is 0.571. The molecule has 0 spiro atoms. The Kier molecular flexibility index (Phi) is 5.11. The van der Waals surface area contributed by atoms with Gasteiger partial charge < -0.3 is 19.9 Å². The van der Waals surface area contributed by atoms with Crippen LogP contribution in [0.3, 0.4) is 0 Å². The molecule has 0 aliphatic heterocycles. The minimum absolute atomic E-state index is 0.376. The largest absolute Gasteiger partial charge is 0.493 e. The maximum atomic E-state index is 12.0. The standard InChI is InChI=1S/C14H23NO5S/c1-14(2,21(6,16)17)13(15)9-7-8-10(18-3)12(20-5)11(9)19-4/h7-8,13H,15H2,1-6H3. The molecule has 0 heterocycles. The van der Waals surface area contributed by atoms with Gasteiger partial charge in [-0.2, -0.15) is 0 Å². The molecule has 7 heteroatoms. The van der Waals surface area contributed by atoms with E-state index in [1.807, 2.05) is 0 Å². The fourth-order valence-electron chi connectivity index (χ4n) is 1.97. The molecule has 0 saturated heterocycles. The van der Waals surface area contributed by atoms with Crippen molar-refractivity contribution in [1.29, 1.82) is 0 Å². The molecule has 6 nitrogen and oxygen atoms in total. The number of methoxy groups -OCH3 is 3. The molecular formula is C14H23NO5S. The van der Waals surface area contributed by atoms with Gasteiger partial charge in [0.15, 0.2) is 21.3 Å². The van der Waals surface area contributed by atoms with Crippen molar-refractivity contribution in [3.05, 3.63) is 17.7 Å². The van der Waals surface area contributed by atoms with Crippen molar-refractivity contribution >= 4 is 9.84 Å². The van der Waals surface area contributed by atoms with Gasteiger partial charge in [0, 0.05) is 11.8 Å². The van der Waals surface area contributed by atoms with Crippen molar-refractivity contribution in [2.24, 2.45) is 5.73 Å². The van der Waals surface area contributed by atoms with Crippen LogP contribution in [0.25, 0.3) is 0 Å². The van der Waals surface area contributed by atoms with Crippen molar-refractivity contribution in [2.75, 3.05) is 27.6 Å². The van der Waals surface area contributed by atoms with E-state index in [0.717, 1.165) is 0 Å². The molecule has 120 valence electrons. The predicted molar refractivity (Wildman–Crippen MR) is 81.9 cm³/mol. The van der Waals surface area contributed by atoms with Crippen molar-refractivity contribution in [2.45, 2.75) is 24.6 Å². The van der Waals surface area contributed by atoms with Crippen molar-refractivity contribution < 1.29 is 22.6 Å². The third kappa shape index (κ3) is 3.08. The van der Waals surface area contributed by atoms with Crippen LogP contribution < -0.4 is 19.9 Å². The average molecular weight is 317 g/mol. The van der Waals surface area contributed by atoms with E-state index in [1.54, 1.807) is 26.0 Å². The van der Waals surface area contributed by atoms with Crippen LogP contribution in [0.2, 0.25) is 0 Å². The third-order valence-electron chi connectivity index (χ3n) is 3.77. The van der Waals surface area contributed by atoms with Gasteiger partial charge in [-0.1, -0.05) is 0 Å². The van der Waals surface area contributed by atoms with Crippen molar-refractivity contribution in [3.8, 4) is 17.2 Å². The van der Waals surface area contributed by atoms with Gasteiger partial charge in [0.1, 0.15) is 0 Å². The second-order valence-corrected chi connectivity index (χ2v) is 7.87. The van der Waals surface area contributed by atoms with Crippen LogP contribution in [0, 0.1) is 0 Å². The average Bonchev–Trinajstić information content (AvgIpc) is 2.43. The van der Waals surface area contributed by atoms with Crippen LogP contribution in [0.4, 0.5) is 0 Å². The maximum Gasteiger partial charge on any atom is 0.203 e. The van der Waals surface area contributed by atoms with E-state index in [-0.39, 0.29) is 0 Å². The molecule has 0 aliphatic rings. The first-order valence-electron chi connectivity index (χ1n) is 6.35. The lowest BCUT2D eigenvalue weighted by molar-refractivity contribution is 0.319. The van der Waals surface area contributed by atoms with E-state index in [1.165, 1.54) is 27.6 Å². The van der Waals surface area contributed by atoms with Crippen LogP contribution in [0.1, 0.15) is 25.5 Å². The van der Waals surface area contributed by atoms with Crippen LogP contribution >= 0.6 is 0 Å². The van der Waals surface area contributed by atoms with Gasteiger partial charge >= 0.3 is 0 Å². The van der Waals surface area contributed by atoms with Gasteiger partial charge in [-0.15, -0.1) is 0 Å². The zero-order valence-electron chi connectivity index (χ0n) is 13.3. The number of hydrogen-bond donors (Lipinski definition) is 1. The molecule has 0 saturated carbocycles. The Bertz CT molecular complexity index is 610. The van der Waals surface area contributed by atoms with Gasteiger partial charge in [-0.25, -0.2) is 8.42 Å². The van der Waals surface area contributed by atoms with Crippen molar-refractivity contribution in [1.82, 2.24) is 0 Å². The maximum absolute atomic E-state index is 12.0. The molecule has 0 aromatic heterocycles. The summed E-state index contributed by atoms with van der Waals surface area (Å²) in [6.07, 6.45) is 1.17. The van der Waals surface area contributed by atoms with Gasteiger partial charge in [0.2, 0.25) is 5.75 Å². The van der Waals surface area contributed by atoms with E-state index >= 15 is 0 Å². The Labute approximate surface area is 126 Å². The number of sulfone groups is 1. The number of hydrogen-bond acceptors (Lipinski definition) is 6. The van der Waals surface area contributed by atoms with Crippen LogP contribution in [0.15, 0.2) is 12.1 Å². The highest BCUT2D eigenvalue weighted by atomic mass is 32.2. The highest BCUT2D eigenvalue weighted by Gasteiger charge is 2.39. The van der Waals surface area contributed by atoms with E-state index in [4.69, 9.17) is 19.9 Å². The van der Waals surface area contributed by atoms with Gasteiger partial charge in [0.25, 0.3) is 0 Å². The Morgan fingerprint density at radius 1 is 1.05 bits per heavy atom. The summed E-state index contributed by atoms with van der Waals surface area (Å²) < 4.78 is 38.6. The summed E-state index contributed by atoms with van der Waals surface area (Å²) in [6.45, 7) is 3.17. The fourth-order valence-corrected chi connectivity index (χ4v) is 2.56. The summed E-state index contributed by atoms with van der Waals surface area (Å²) in [5, 5.41) is 0. The third-order valence-corrected chi connectivity index (χ3v) is 5.94. The van der Waals surface area contributed by atoms with Crippen LogP contribution in [0.5, 0.6) is 17.2 Å². The SMILES string of the molecule is COc1ccc(C(N)C(C)(C)S(C)(=O)=O)c(OC)c1OC. The summed E-state index contributed by atoms with van der Waals surface area (Å²) >= 11 is 0. The zero-order chi connectivity index (χ0) is 16.4. The van der Waals surface area contributed by atoms with Crippen LogP contribution in [-0.4, -0.2) is 40.7 Å². The van der Waals surface area contributed by atoms with Gasteiger partial charge in [-0.3, -0.25) is 0 Å². The van der Waals surface area contributed by atoms with Gasteiger partial charge in [0.05, 0.1) is 32.1 Å². The summed E-state index contributed by atoms with van der Waals surface area (Å²) in [7, 11) is 1.11. The smallest absolute Gasteiger partial charge is 0.203 e. The Morgan fingerprint density at radius 3 is 1.95 bits per heavy atom. The van der Waals surface area contributed by atoms with Gasteiger partial charge in [-0.05, 0) is 26.0 Å². The molecule has 21 heavy (non-hydrogen) atoms. The first kappa shape index (κ1) is 17.6. The Morgan fingerprint density at radius 2 is 1.57 bits per heavy atom. The summed E-state index contributed by atoms with van der Waals surface area (Å²) in [6, 6.07) is 2.59. The van der Waals surface area contributed by atoms with E-state index in [9.17, 15) is 8.42 Å². The molecule has 0 fully saturated rings. The molecular weight excluding hydrogens is 294 g/mol. The molecule has 1 aromatic rings. The lowest BCUT2D eigenvalue weighted by Crippen LogP contribution is -2.42. The second-order valence-electron chi connectivity index (χ2n) is 5.28. The van der Waals surface area contributed by atoms with E-state index in [2.05, 4.69) is 0 Å². The first-order valence-corrected chi connectivity index (χ1v) is 8.25. The molecule has 1 atom stereocenters. The predicted octanol–water partition coefficient (Wildman–Crippen LogP) is 1.54. The second kappa shape index (κ2) is 6.11. The number of ether oxygens (including phenoxy) is 3. The summed E-state index contributed by atoms with van der Waals surface area (Å²) in [5.74, 6) is 1.25. The monoisotopic (exact) mass is 317 g/mol. The quantitative estimate of drug-likeness (QED) is 0.856. The molecule has 2 N–H and O–H groups in total. The molecule has 1 rings (SSSR count). The molecule has 1 aromatic carbocycles. The number of rotatable bonds is 6. The Hall–Kier alpha value is -1.47. The minimum atomic E-state index is -3.36. The first-order chi connectivity index (χ1) is 9.61. The highest BCUT2D eigenvalue weighted by molar-refractivity contribution is 7.92. The summed E-state index contributed by atoms with van der Waals surface area (Å²) in [5.41, 5.74) is 6.74. The number of benzene rings is 1. The lowest BCUT2D eigenvalue weighted by atomic mass is 9.94. The van der Waals surface area contributed by atoms with Crippen LogP contribution in [-0.2, 0) is 9.84 Å². The summed E-state index contributed by atoms with van der Waals surface area (Å²) in [4.78, 5) is 0. The minimum Gasteiger partial charge on any atom is -0.493 e. The molecule has 0 radical (unpaired) electrons. The normalized spacial score (nSPS) is 13.7. The molecule has 1 unspecified atom stereocenters. The van der Waals surface area contributed by atoms with Crippen molar-refractivity contribution in [3.63, 3.8) is 0 Å². The van der Waals surface area contributed by atoms with E-state index < -0.39 is 20.6 Å². The number of nitrogens with two attached hydrogens (primary N) is 1.